The first-order valence-electron chi connectivity index (χ1n) is 8.38. The minimum atomic E-state index is -0.530. The van der Waals surface area contributed by atoms with Crippen LogP contribution in [0.25, 0.3) is 11.0 Å². The molecular weight excluding hydrogens is 346 g/mol. The molecular formula is C19H17N5O3. The summed E-state index contributed by atoms with van der Waals surface area (Å²) < 4.78 is 8.35. The first-order chi connectivity index (χ1) is 13.1. The van der Waals surface area contributed by atoms with Gasteiger partial charge >= 0.3 is 5.69 Å². The third-order valence-electron chi connectivity index (χ3n) is 4.23. The van der Waals surface area contributed by atoms with Crippen molar-refractivity contribution < 1.29 is 9.21 Å². The minimum Gasteiger partial charge on any atom is -0.459 e. The fourth-order valence-electron chi connectivity index (χ4n) is 2.88. The monoisotopic (exact) mass is 363 g/mol. The van der Waals surface area contributed by atoms with Crippen LogP contribution in [-0.2, 0) is 18.4 Å². The number of fused-ring (bicyclic) bond motifs is 1. The molecule has 1 unspecified atom stereocenters. The summed E-state index contributed by atoms with van der Waals surface area (Å²) in [6.45, 7) is -0.184. The molecule has 0 aliphatic rings. The fourth-order valence-corrected chi connectivity index (χ4v) is 2.88. The van der Waals surface area contributed by atoms with E-state index in [2.05, 4.69) is 15.4 Å². The van der Waals surface area contributed by atoms with Crippen LogP contribution in [0.15, 0.2) is 70.4 Å². The van der Waals surface area contributed by atoms with Gasteiger partial charge in [0.15, 0.2) is 0 Å². The van der Waals surface area contributed by atoms with Gasteiger partial charge in [-0.2, -0.15) is 5.10 Å². The number of aryl methyl sites for hydroxylation is 1. The van der Waals surface area contributed by atoms with Crippen LogP contribution in [0, 0.1) is 0 Å². The Labute approximate surface area is 154 Å². The van der Waals surface area contributed by atoms with Crippen molar-refractivity contribution in [2.45, 2.75) is 12.6 Å². The maximum absolute atomic E-state index is 12.6. The number of nitrogens with zero attached hydrogens (tertiary/aromatic N) is 4. The van der Waals surface area contributed by atoms with Crippen LogP contribution in [0.1, 0.15) is 17.4 Å². The van der Waals surface area contributed by atoms with Gasteiger partial charge in [-0.05, 0) is 18.2 Å². The SMILES string of the molecule is Cn1cnn(CC(=O)NC(c2cccnc2)c2cc3ccccc3o2)c1=O. The summed E-state index contributed by atoms with van der Waals surface area (Å²) >= 11 is 0. The molecule has 8 heteroatoms. The molecule has 136 valence electrons. The lowest BCUT2D eigenvalue weighted by molar-refractivity contribution is -0.122. The second-order valence-corrected chi connectivity index (χ2v) is 6.16. The van der Waals surface area contributed by atoms with Crippen LogP contribution in [0.2, 0.25) is 0 Å². The van der Waals surface area contributed by atoms with Gasteiger partial charge in [0.1, 0.15) is 30.3 Å². The molecule has 27 heavy (non-hydrogen) atoms. The van der Waals surface area contributed by atoms with Gasteiger partial charge in [-0.3, -0.25) is 14.3 Å². The minimum absolute atomic E-state index is 0.184. The third-order valence-corrected chi connectivity index (χ3v) is 4.23. The molecule has 1 amide bonds. The van der Waals surface area contributed by atoms with Crippen molar-refractivity contribution in [3.05, 3.63) is 83.0 Å². The number of benzene rings is 1. The van der Waals surface area contributed by atoms with E-state index in [1.165, 1.54) is 10.9 Å². The van der Waals surface area contributed by atoms with E-state index in [0.29, 0.717) is 5.76 Å². The molecule has 1 aromatic carbocycles. The highest BCUT2D eigenvalue weighted by Crippen LogP contribution is 2.28. The van der Waals surface area contributed by atoms with E-state index >= 15 is 0 Å². The zero-order valence-electron chi connectivity index (χ0n) is 14.6. The Kier molecular flexibility index (Phi) is 4.29. The highest BCUT2D eigenvalue weighted by molar-refractivity contribution is 5.79. The van der Waals surface area contributed by atoms with Gasteiger partial charge < -0.3 is 9.73 Å². The Morgan fingerprint density at radius 3 is 2.81 bits per heavy atom. The number of carbonyl (C=O) groups is 1. The van der Waals surface area contributed by atoms with Crippen molar-refractivity contribution in [2.75, 3.05) is 0 Å². The summed E-state index contributed by atoms with van der Waals surface area (Å²) in [5.41, 5.74) is 1.15. The van der Waals surface area contributed by atoms with E-state index in [1.807, 2.05) is 36.4 Å². The predicted octanol–water partition coefficient (Wildman–Crippen LogP) is 1.63. The number of rotatable bonds is 5. The molecule has 0 radical (unpaired) electrons. The number of amides is 1. The molecule has 0 aliphatic carbocycles. The number of pyridine rings is 1. The van der Waals surface area contributed by atoms with Crippen LogP contribution < -0.4 is 11.0 Å². The molecule has 8 nitrogen and oxygen atoms in total. The number of nitrogens with one attached hydrogen (secondary N) is 1. The Morgan fingerprint density at radius 1 is 1.26 bits per heavy atom. The summed E-state index contributed by atoms with van der Waals surface area (Å²) in [7, 11) is 1.58. The largest absolute Gasteiger partial charge is 0.459 e. The van der Waals surface area contributed by atoms with E-state index < -0.39 is 6.04 Å². The lowest BCUT2D eigenvalue weighted by Gasteiger charge is -2.16. The molecule has 0 spiro atoms. The Hall–Kier alpha value is -3.68. The molecule has 0 saturated heterocycles. The van der Waals surface area contributed by atoms with Gasteiger partial charge in [-0.1, -0.05) is 24.3 Å². The number of para-hydroxylation sites is 1. The normalized spacial score (nSPS) is 12.2. The molecule has 3 heterocycles. The van der Waals surface area contributed by atoms with E-state index in [4.69, 9.17) is 4.42 Å². The van der Waals surface area contributed by atoms with Gasteiger partial charge in [-0.25, -0.2) is 9.48 Å². The topological polar surface area (TPSA) is 95.0 Å². The number of furan rings is 1. The molecule has 0 fully saturated rings. The molecule has 0 saturated carbocycles. The smallest absolute Gasteiger partial charge is 0.345 e. The Bertz CT molecular complexity index is 1110. The first-order valence-corrected chi connectivity index (χ1v) is 8.38. The second kappa shape index (κ2) is 6.91. The van der Waals surface area contributed by atoms with Crippen molar-refractivity contribution in [2.24, 2.45) is 7.05 Å². The summed E-state index contributed by atoms with van der Waals surface area (Å²) in [6, 6.07) is 12.6. The Balaban J connectivity index is 1.65. The number of hydrogen-bond donors (Lipinski definition) is 1. The van der Waals surface area contributed by atoms with Crippen molar-refractivity contribution in [3.8, 4) is 0 Å². The fraction of sp³-hybridized carbons (Fsp3) is 0.158. The quantitative estimate of drug-likeness (QED) is 0.581. The first kappa shape index (κ1) is 16.8. The number of carbonyl (C=O) groups excluding carboxylic acids is 1. The second-order valence-electron chi connectivity index (χ2n) is 6.16. The molecule has 4 aromatic rings. The van der Waals surface area contributed by atoms with Gasteiger partial charge in [0.25, 0.3) is 0 Å². The summed E-state index contributed by atoms with van der Waals surface area (Å²) in [5.74, 6) is 0.232. The van der Waals surface area contributed by atoms with Gasteiger partial charge in [0.05, 0.1) is 0 Å². The number of aromatic nitrogens is 4. The molecule has 4 rings (SSSR count). The summed E-state index contributed by atoms with van der Waals surface area (Å²) in [5, 5.41) is 7.77. The van der Waals surface area contributed by atoms with Crippen molar-refractivity contribution in [1.82, 2.24) is 24.6 Å². The zero-order valence-corrected chi connectivity index (χ0v) is 14.6. The average Bonchev–Trinajstić information content (AvgIpc) is 3.25. The van der Waals surface area contributed by atoms with E-state index in [9.17, 15) is 9.59 Å². The molecule has 0 bridgehead atoms. The van der Waals surface area contributed by atoms with E-state index in [-0.39, 0.29) is 18.1 Å². The van der Waals surface area contributed by atoms with Gasteiger partial charge in [0, 0.05) is 30.4 Å². The maximum Gasteiger partial charge on any atom is 0.345 e. The molecule has 0 aliphatic heterocycles. The number of hydrogen-bond acceptors (Lipinski definition) is 5. The van der Waals surface area contributed by atoms with Crippen LogP contribution in [0.3, 0.4) is 0 Å². The molecule has 1 atom stereocenters. The maximum atomic E-state index is 12.6. The lowest BCUT2D eigenvalue weighted by Crippen LogP contribution is -2.35. The Morgan fingerprint density at radius 2 is 2.11 bits per heavy atom. The lowest BCUT2D eigenvalue weighted by atomic mass is 10.1. The third kappa shape index (κ3) is 3.37. The summed E-state index contributed by atoms with van der Waals surface area (Å²) in [6.07, 6.45) is 4.70. The van der Waals surface area contributed by atoms with Gasteiger partial charge in [-0.15, -0.1) is 0 Å². The van der Waals surface area contributed by atoms with Crippen LogP contribution in [0.5, 0.6) is 0 Å². The molecule has 1 N–H and O–H groups in total. The van der Waals surface area contributed by atoms with E-state index in [0.717, 1.165) is 21.2 Å². The highest BCUT2D eigenvalue weighted by Gasteiger charge is 2.22. The van der Waals surface area contributed by atoms with Crippen LogP contribution in [0.4, 0.5) is 0 Å². The summed E-state index contributed by atoms with van der Waals surface area (Å²) in [4.78, 5) is 28.6. The average molecular weight is 363 g/mol. The van der Waals surface area contributed by atoms with Crippen LogP contribution in [-0.4, -0.2) is 25.2 Å². The van der Waals surface area contributed by atoms with Crippen molar-refractivity contribution >= 4 is 16.9 Å². The van der Waals surface area contributed by atoms with Crippen molar-refractivity contribution in [1.29, 1.82) is 0 Å². The highest BCUT2D eigenvalue weighted by atomic mass is 16.3. The van der Waals surface area contributed by atoms with Gasteiger partial charge in [0.2, 0.25) is 5.91 Å². The zero-order chi connectivity index (χ0) is 18.8. The van der Waals surface area contributed by atoms with Crippen molar-refractivity contribution in [3.63, 3.8) is 0 Å². The standard InChI is InChI=1S/C19H17N5O3/c1-23-12-21-24(19(23)26)11-17(25)22-18(14-6-4-8-20-10-14)16-9-13-5-2-3-7-15(13)27-16/h2-10,12,18H,11H2,1H3,(H,22,25). The molecule has 3 aromatic heterocycles. The predicted molar refractivity (Wildman–Crippen MR) is 97.9 cm³/mol. The van der Waals surface area contributed by atoms with Crippen LogP contribution >= 0.6 is 0 Å². The van der Waals surface area contributed by atoms with E-state index in [1.54, 1.807) is 25.5 Å².